The summed E-state index contributed by atoms with van der Waals surface area (Å²) in [5.74, 6) is -0.622. The summed E-state index contributed by atoms with van der Waals surface area (Å²) >= 11 is 0. The highest BCUT2D eigenvalue weighted by molar-refractivity contribution is 6.14. The zero-order chi connectivity index (χ0) is 22.9. The molecule has 1 saturated heterocycles. The molecule has 3 rings (SSSR count). The minimum absolute atomic E-state index is 0.0751. The molecule has 1 heterocycles. The average molecular weight is 428 g/mol. The van der Waals surface area contributed by atoms with Crippen molar-refractivity contribution >= 4 is 28.5 Å². The zero-order valence-electron chi connectivity index (χ0n) is 17.6. The first-order valence-electron chi connectivity index (χ1n) is 9.75. The van der Waals surface area contributed by atoms with Crippen molar-refractivity contribution < 1.29 is 19.4 Å². The van der Waals surface area contributed by atoms with Gasteiger partial charge in [0, 0.05) is 18.7 Å². The summed E-state index contributed by atoms with van der Waals surface area (Å²) in [5, 5.41) is 23.4. The Kier molecular flexibility index (Phi) is 5.94. The van der Waals surface area contributed by atoms with Crippen LogP contribution in [0.4, 0.5) is 22.7 Å². The number of carbonyl (C=O) groups excluding carboxylic acids is 1. The molecule has 2 N–H and O–H groups in total. The normalized spacial score (nSPS) is 14.4. The molecule has 10 heteroatoms. The van der Waals surface area contributed by atoms with Crippen LogP contribution in [0.3, 0.4) is 0 Å². The summed E-state index contributed by atoms with van der Waals surface area (Å²) in [6.07, 6.45) is 0. The molecule has 0 aliphatic carbocycles. The van der Waals surface area contributed by atoms with E-state index in [2.05, 4.69) is 0 Å². The van der Waals surface area contributed by atoms with E-state index < -0.39 is 32.7 Å². The summed E-state index contributed by atoms with van der Waals surface area (Å²) in [7, 11) is 0. The number of nitro benzene ring substituents is 2. The molecule has 0 spiro atoms. The largest absolute Gasteiger partial charge is 0.387 e. The van der Waals surface area contributed by atoms with E-state index in [1.807, 2.05) is 20.8 Å². The number of ketones is 1. The van der Waals surface area contributed by atoms with E-state index in [4.69, 9.17) is 10.5 Å². The molecule has 164 valence electrons. The van der Waals surface area contributed by atoms with Crippen molar-refractivity contribution in [2.45, 2.75) is 26.2 Å². The van der Waals surface area contributed by atoms with Crippen LogP contribution in [0.1, 0.15) is 42.3 Å². The molecule has 2 aromatic rings. The molecule has 0 unspecified atom stereocenters. The van der Waals surface area contributed by atoms with Crippen molar-refractivity contribution in [3.05, 3.63) is 67.3 Å². The molecular formula is C21H24N4O6. The van der Waals surface area contributed by atoms with E-state index in [0.29, 0.717) is 26.3 Å². The summed E-state index contributed by atoms with van der Waals surface area (Å²) in [6.45, 7) is 7.44. The number of hydrogen-bond acceptors (Lipinski definition) is 8. The maximum Gasteiger partial charge on any atom is 0.322 e. The first-order chi connectivity index (χ1) is 14.5. The molecule has 1 aliphatic heterocycles. The number of ether oxygens (including phenoxy) is 1. The number of hydrogen-bond donors (Lipinski definition) is 1. The van der Waals surface area contributed by atoms with Gasteiger partial charge in [-0.15, -0.1) is 0 Å². The fraction of sp³-hybridized carbons (Fsp3) is 0.381. The Labute approximate surface area is 178 Å². The number of benzene rings is 2. The Morgan fingerprint density at radius 1 is 1.03 bits per heavy atom. The van der Waals surface area contributed by atoms with Crippen LogP contribution in [0.2, 0.25) is 0 Å². The van der Waals surface area contributed by atoms with Gasteiger partial charge in [-0.3, -0.25) is 25.0 Å². The van der Waals surface area contributed by atoms with E-state index in [1.54, 1.807) is 29.2 Å². The molecule has 0 saturated carbocycles. The number of nitrogen functional groups attached to an aromatic ring is 1. The van der Waals surface area contributed by atoms with Crippen molar-refractivity contribution in [3.8, 4) is 0 Å². The van der Waals surface area contributed by atoms with Crippen LogP contribution in [0.15, 0.2) is 30.3 Å². The number of nitrogens with two attached hydrogens (primary N) is 1. The van der Waals surface area contributed by atoms with Gasteiger partial charge in [-0.1, -0.05) is 45.0 Å². The SMILES string of the molecule is CC(C)(C)c1ccc(C(=O)c2cc(N3CCOCC3)c([N+](=O)[O-])c(N)c2[N+](=O)[O-])cc1. The van der Waals surface area contributed by atoms with Gasteiger partial charge >= 0.3 is 11.4 Å². The third kappa shape index (κ3) is 4.33. The quantitative estimate of drug-likeness (QED) is 0.330. The predicted molar refractivity (Wildman–Crippen MR) is 116 cm³/mol. The van der Waals surface area contributed by atoms with E-state index >= 15 is 0 Å². The number of rotatable bonds is 5. The van der Waals surface area contributed by atoms with Gasteiger partial charge in [0.25, 0.3) is 0 Å². The molecule has 0 bridgehead atoms. The van der Waals surface area contributed by atoms with Crippen molar-refractivity contribution in [2.24, 2.45) is 0 Å². The molecular weight excluding hydrogens is 404 g/mol. The van der Waals surface area contributed by atoms with Crippen LogP contribution < -0.4 is 10.6 Å². The second-order valence-electron chi connectivity index (χ2n) is 8.32. The maximum atomic E-state index is 13.2. The van der Waals surface area contributed by atoms with E-state index in [9.17, 15) is 25.0 Å². The van der Waals surface area contributed by atoms with Gasteiger partial charge < -0.3 is 15.4 Å². The zero-order valence-corrected chi connectivity index (χ0v) is 17.6. The number of carbonyl (C=O) groups is 1. The number of nitrogens with zero attached hydrogens (tertiary/aromatic N) is 3. The molecule has 0 amide bonds. The first kappa shape index (κ1) is 22.2. The molecule has 1 fully saturated rings. The lowest BCUT2D eigenvalue weighted by atomic mass is 9.86. The van der Waals surface area contributed by atoms with Crippen molar-refractivity contribution in [3.63, 3.8) is 0 Å². The summed E-state index contributed by atoms with van der Waals surface area (Å²) in [6, 6.07) is 7.97. The molecule has 2 aromatic carbocycles. The molecule has 0 radical (unpaired) electrons. The first-order valence-corrected chi connectivity index (χ1v) is 9.75. The number of morpholine rings is 1. The third-order valence-corrected chi connectivity index (χ3v) is 5.26. The Hall–Kier alpha value is -3.53. The highest BCUT2D eigenvalue weighted by Crippen LogP contribution is 2.43. The van der Waals surface area contributed by atoms with Crippen LogP contribution in [0.5, 0.6) is 0 Å². The Bertz CT molecular complexity index is 1040. The Balaban J connectivity index is 2.18. The highest BCUT2D eigenvalue weighted by atomic mass is 16.6. The van der Waals surface area contributed by atoms with Gasteiger partial charge in [0.2, 0.25) is 0 Å². The number of anilines is 2. The molecule has 0 aromatic heterocycles. The second-order valence-corrected chi connectivity index (χ2v) is 8.32. The van der Waals surface area contributed by atoms with Crippen LogP contribution in [-0.2, 0) is 10.2 Å². The van der Waals surface area contributed by atoms with E-state index in [0.717, 1.165) is 5.56 Å². The van der Waals surface area contributed by atoms with Gasteiger partial charge in [-0.25, -0.2) is 0 Å². The van der Waals surface area contributed by atoms with Crippen molar-refractivity contribution in [2.75, 3.05) is 36.9 Å². The van der Waals surface area contributed by atoms with Gasteiger partial charge in [-0.05, 0) is 17.0 Å². The molecule has 10 nitrogen and oxygen atoms in total. The summed E-state index contributed by atoms with van der Waals surface area (Å²) in [5.41, 5.74) is 4.83. The van der Waals surface area contributed by atoms with Gasteiger partial charge in [0.1, 0.15) is 11.3 Å². The number of nitro groups is 2. The lowest BCUT2D eigenvalue weighted by molar-refractivity contribution is -0.392. The minimum Gasteiger partial charge on any atom is -0.387 e. The van der Waals surface area contributed by atoms with Crippen LogP contribution in [0, 0.1) is 20.2 Å². The standard InChI is InChI=1S/C21H24N4O6/c1-21(2,3)14-6-4-13(5-7-14)20(26)15-12-16(23-8-10-31-11-9-23)19(25(29)30)17(22)18(15)24(27)28/h4-7,12H,8-11,22H2,1-3H3. The van der Waals surface area contributed by atoms with Crippen LogP contribution in [0.25, 0.3) is 0 Å². The van der Waals surface area contributed by atoms with E-state index in [-0.39, 0.29) is 22.2 Å². The molecule has 1 aliphatic rings. The lowest BCUT2D eigenvalue weighted by Gasteiger charge is -2.29. The fourth-order valence-electron chi connectivity index (χ4n) is 3.55. The minimum atomic E-state index is -0.845. The smallest absolute Gasteiger partial charge is 0.322 e. The van der Waals surface area contributed by atoms with Crippen molar-refractivity contribution in [1.82, 2.24) is 0 Å². The topological polar surface area (TPSA) is 142 Å². The van der Waals surface area contributed by atoms with Gasteiger partial charge in [-0.2, -0.15) is 0 Å². The van der Waals surface area contributed by atoms with Crippen LogP contribution in [-0.4, -0.2) is 41.9 Å². The lowest BCUT2D eigenvalue weighted by Crippen LogP contribution is -2.37. The van der Waals surface area contributed by atoms with Crippen LogP contribution >= 0.6 is 0 Å². The molecule has 31 heavy (non-hydrogen) atoms. The third-order valence-electron chi connectivity index (χ3n) is 5.26. The second kappa shape index (κ2) is 8.31. The Morgan fingerprint density at radius 2 is 1.58 bits per heavy atom. The average Bonchev–Trinajstić information content (AvgIpc) is 2.72. The summed E-state index contributed by atoms with van der Waals surface area (Å²) < 4.78 is 5.28. The van der Waals surface area contributed by atoms with Crippen molar-refractivity contribution in [1.29, 1.82) is 0 Å². The maximum absolute atomic E-state index is 13.2. The van der Waals surface area contributed by atoms with E-state index in [1.165, 1.54) is 6.07 Å². The fourth-order valence-corrected chi connectivity index (χ4v) is 3.55. The van der Waals surface area contributed by atoms with Gasteiger partial charge in [0.15, 0.2) is 11.5 Å². The monoisotopic (exact) mass is 428 g/mol. The van der Waals surface area contributed by atoms with Gasteiger partial charge in [0.05, 0.1) is 23.1 Å². The Morgan fingerprint density at radius 3 is 2.06 bits per heavy atom. The molecule has 0 atom stereocenters. The predicted octanol–water partition coefficient (Wildman–Crippen LogP) is 3.45. The highest BCUT2D eigenvalue weighted by Gasteiger charge is 2.36. The summed E-state index contributed by atoms with van der Waals surface area (Å²) in [4.78, 5) is 36.7.